The van der Waals surface area contributed by atoms with Crippen molar-refractivity contribution in [2.75, 3.05) is 11.9 Å². The summed E-state index contributed by atoms with van der Waals surface area (Å²) in [6, 6.07) is -0.0299. The molecule has 0 aliphatic rings. The van der Waals surface area contributed by atoms with Gasteiger partial charge >= 0.3 is 18.4 Å². The highest BCUT2D eigenvalue weighted by Crippen LogP contribution is 2.37. The lowest BCUT2D eigenvalue weighted by Gasteiger charge is -2.14. The monoisotopic (exact) mass is 300 g/mol. The number of carbonyl (C=O) groups excluding carboxylic acids is 1. The summed E-state index contributed by atoms with van der Waals surface area (Å²) in [5.74, 6) is 0. The zero-order valence-electron chi connectivity index (χ0n) is 10.1. The van der Waals surface area contributed by atoms with Gasteiger partial charge in [-0.15, -0.1) is 0 Å². The minimum Gasteiger partial charge on any atom is -0.338 e. The maximum Gasteiger partial charge on any atom is 0.416 e. The quantitative estimate of drug-likeness (QED) is 0.800. The molecule has 0 aliphatic carbocycles. The molecule has 0 saturated heterocycles. The Labute approximate surface area is 110 Å². The van der Waals surface area contributed by atoms with Gasteiger partial charge in [-0.25, -0.2) is 4.79 Å². The summed E-state index contributed by atoms with van der Waals surface area (Å²) in [6.45, 7) is 1.73. The standard InChI is InChI=1S/C11H10F6N2O/c1-2-18-9(20)19-8-4-6(10(12,13)14)3-7(5-8)11(15,16)17/h3-5H,2H2,1H3,(H2,18,19,20). The van der Waals surface area contributed by atoms with Gasteiger partial charge in [-0.05, 0) is 25.1 Å². The Kier molecular flexibility index (Phi) is 4.51. The van der Waals surface area contributed by atoms with Crippen LogP contribution in [0.5, 0.6) is 0 Å². The van der Waals surface area contributed by atoms with Gasteiger partial charge in [0, 0.05) is 12.2 Å². The van der Waals surface area contributed by atoms with E-state index in [1.807, 2.05) is 5.32 Å². The zero-order chi connectivity index (χ0) is 15.6. The lowest BCUT2D eigenvalue weighted by atomic mass is 10.1. The normalized spacial score (nSPS) is 12.2. The van der Waals surface area contributed by atoms with E-state index in [1.54, 1.807) is 6.92 Å². The fraction of sp³-hybridized carbons (Fsp3) is 0.364. The number of halogens is 6. The molecule has 0 fully saturated rings. The van der Waals surface area contributed by atoms with E-state index in [9.17, 15) is 31.1 Å². The van der Waals surface area contributed by atoms with Gasteiger partial charge in [0.1, 0.15) is 0 Å². The average Bonchev–Trinajstić information content (AvgIpc) is 2.26. The van der Waals surface area contributed by atoms with Crippen molar-refractivity contribution >= 4 is 11.7 Å². The lowest BCUT2D eigenvalue weighted by molar-refractivity contribution is -0.143. The number of hydrogen-bond acceptors (Lipinski definition) is 1. The van der Waals surface area contributed by atoms with Crippen LogP contribution in [0.1, 0.15) is 18.1 Å². The van der Waals surface area contributed by atoms with E-state index in [0.29, 0.717) is 12.1 Å². The molecule has 3 nitrogen and oxygen atoms in total. The average molecular weight is 300 g/mol. The molecule has 112 valence electrons. The van der Waals surface area contributed by atoms with E-state index in [0.717, 1.165) is 0 Å². The van der Waals surface area contributed by atoms with Crippen LogP contribution >= 0.6 is 0 Å². The third-order valence-corrected chi connectivity index (χ3v) is 2.18. The highest BCUT2D eigenvalue weighted by molar-refractivity contribution is 5.89. The number of benzene rings is 1. The van der Waals surface area contributed by atoms with E-state index in [1.165, 1.54) is 0 Å². The van der Waals surface area contributed by atoms with E-state index < -0.39 is 35.2 Å². The number of urea groups is 1. The van der Waals surface area contributed by atoms with Crippen LogP contribution in [0, 0.1) is 0 Å². The zero-order valence-corrected chi connectivity index (χ0v) is 10.1. The molecule has 0 heterocycles. The number of alkyl halides is 6. The number of hydrogen-bond donors (Lipinski definition) is 2. The van der Waals surface area contributed by atoms with Gasteiger partial charge in [0.15, 0.2) is 0 Å². The number of rotatable bonds is 2. The van der Waals surface area contributed by atoms with Crippen molar-refractivity contribution in [2.45, 2.75) is 19.3 Å². The second-order valence-electron chi connectivity index (χ2n) is 3.78. The van der Waals surface area contributed by atoms with E-state index in [-0.39, 0.29) is 12.6 Å². The van der Waals surface area contributed by atoms with Gasteiger partial charge < -0.3 is 10.6 Å². The van der Waals surface area contributed by atoms with Gasteiger partial charge in [0.2, 0.25) is 0 Å². The Morgan fingerprint density at radius 2 is 1.45 bits per heavy atom. The van der Waals surface area contributed by atoms with Crippen molar-refractivity contribution in [3.8, 4) is 0 Å². The fourth-order valence-electron chi connectivity index (χ4n) is 1.36. The molecule has 0 unspecified atom stereocenters. The van der Waals surface area contributed by atoms with Crippen molar-refractivity contribution in [3.63, 3.8) is 0 Å². The molecular weight excluding hydrogens is 290 g/mol. The molecule has 0 bridgehead atoms. The minimum absolute atomic E-state index is 0.0110. The van der Waals surface area contributed by atoms with E-state index in [4.69, 9.17) is 0 Å². The molecule has 0 radical (unpaired) electrons. The summed E-state index contributed by atoms with van der Waals surface area (Å²) >= 11 is 0. The van der Waals surface area contributed by atoms with E-state index in [2.05, 4.69) is 5.32 Å². The second kappa shape index (κ2) is 5.59. The van der Waals surface area contributed by atoms with Gasteiger partial charge in [0.25, 0.3) is 0 Å². The van der Waals surface area contributed by atoms with Crippen LogP contribution in [-0.4, -0.2) is 12.6 Å². The summed E-state index contributed by atoms with van der Waals surface area (Å²) in [5.41, 5.74) is -3.56. The smallest absolute Gasteiger partial charge is 0.338 e. The van der Waals surface area contributed by atoms with Crippen LogP contribution in [0.2, 0.25) is 0 Å². The summed E-state index contributed by atoms with van der Waals surface area (Å²) in [6.07, 6.45) is -9.89. The molecule has 0 aliphatic heterocycles. The first kappa shape index (κ1) is 16.1. The lowest BCUT2D eigenvalue weighted by Crippen LogP contribution is -2.28. The summed E-state index contributed by atoms with van der Waals surface area (Å²) in [5, 5.41) is 4.12. The highest BCUT2D eigenvalue weighted by Gasteiger charge is 2.37. The molecule has 1 aromatic rings. The predicted octanol–water partition coefficient (Wildman–Crippen LogP) is 3.87. The summed E-state index contributed by atoms with van der Waals surface area (Å²) in [4.78, 5) is 11.1. The number of anilines is 1. The third kappa shape index (κ3) is 4.32. The molecule has 1 rings (SSSR count). The fourth-order valence-corrected chi connectivity index (χ4v) is 1.36. The first-order valence-electron chi connectivity index (χ1n) is 5.38. The van der Waals surface area contributed by atoms with Crippen molar-refractivity contribution in [1.29, 1.82) is 0 Å². The molecule has 0 spiro atoms. The largest absolute Gasteiger partial charge is 0.416 e. The van der Waals surface area contributed by atoms with Gasteiger partial charge in [-0.1, -0.05) is 0 Å². The molecule has 0 saturated carbocycles. The molecule has 2 N–H and O–H groups in total. The molecule has 0 aromatic heterocycles. The van der Waals surface area contributed by atoms with Gasteiger partial charge in [0.05, 0.1) is 11.1 Å². The van der Waals surface area contributed by atoms with Crippen molar-refractivity contribution < 1.29 is 31.1 Å². The third-order valence-electron chi connectivity index (χ3n) is 2.18. The topological polar surface area (TPSA) is 41.1 Å². The molecule has 2 amide bonds. The Bertz CT molecular complexity index is 462. The summed E-state index contributed by atoms with van der Waals surface area (Å²) < 4.78 is 75.2. The van der Waals surface area contributed by atoms with Crippen LogP contribution in [0.4, 0.5) is 36.8 Å². The van der Waals surface area contributed by atoms with Crippen molar-refractivity contribution in [3.05, 3.63) is 29.3 Å². The molecule has 9 heteroatoms. The maximum atomic E-state index is 12.5. The van der Waals surface area contributed by atoms with Crippen LogP contribution in [0.25, 0.3) is 0 Å². The maximum absolute atomic E-state index is 12.5. The Morgan fingerprint density at radius 3 is 1.80 bits per heavy atom. The molecule has 0 atom stereocenters. The predicted molar refractivity (Wildman–Crippen MR) is 59.1 cm³/mol. The Morgan fingerprint density at radius 1 is 1.00 bits per heavy atom. The van der Waals surface area contributed by atoms with Crippen LogP contribution in [-0.2, 0) is 12.4 Å². The number of amides is 2. The SMILES string of the molecule is CCNC(=O)Nc1cc(C(F)(F)F)cc(C(F)(F)F)c1. The molecule has 20 heavy (non-hydrogen) atoms. The number of nitrogens with one attached hydrogen (secondary N) is 2. The van der Waals surface area contributed by atoms with Crippen LogP contribution in [0.3, 0.4) is 0 Å². The second-order valence-corrected chi connectivity index (χ2v) is 3.78. The highest BCUT2D eigenvalue weighted by atomic mass is 19.4. The van der Waals surface area contributed by atoms with Crippen molar-refractivity contribution in [1.82, 2.24) is 5.32 Å². The first-order chi connectivity index (χ1) is 9.04. The first-order valence-corrected chi connectivity index (χ1v) is 5.38. The van der Waals surface area contributed by atoms with Gasteiger partial charge in [-0.3, -0.25) is 0 Å². The van der Waals surface area contributed by atoms with Crippen molar-refractivity contribution in [2.24, 2.45) is 0 Å². The molecule has 1 aromatic carbocycles. The van der Waals surface area contributed by atoms with Gasteiger partial charge in [-0.2, -0.15) is 26.3 Å². The Balaban J connectivity index is 3.21. The summed E-state index contributed by atoms with van der Waals surface area (Å²) in [7, 11) is 0. The molecular formula is C11H10F6N2O. The number of carbonyl (C=O) groups is 1. The minimum atomic E-state index is -4.95. The van der Waals surface area contributed by atoms with Crippen LogP contribution < -0.4 is 10.6 Å². The Hall–Kier alpha value is -1.93. The van der Waals surface area contributed by atoms with E-state index >= 15 is 0 Å². The van der Waals surface area contributed by atoms with Crippen LogP contribution in [0.15, 0.2) is 18.2 Å².